The molecule has 0 saturated carbocycles. The number of ether oxygens (including phenoxy) is 1. The van der Waals surface area contributed by atoms with Gasteiger partial charge in [0.2, 0.25) is 5.17 Å². The molecule has 0 spiro atoms. The van der Waals surface area contributed by atoms with Crippen LogP contribution in [0, 0.1) is 19.3 Å². The Balaban J connectivity index is 1.41. The zero-order chi connectivity index (χ0) is 22.9. The molecule has 164 valence electrons. The van der Waals surface area contributed by atoms with Crippen LogP contribution in [0.25, 0.3) is 11.8 Å². The predicted octanol–water partition coefficient (Wildman–Crippen LogP) is 4.79. The van der Waals surface area contributed by atoms with Gasteiger partial charge in [0.05, 0.1) is 5.57 Å². The Morgan fingerprint density at radius 3 is 2.48 bits per heavy atom. The van der Waals surface area contributed by atoms with E-state index in [0.29, 0.717) is 10.2 Å². The summed E-state index contributed by atoms with van der Waals surface area (Å²) in [5.41, 5.74) is 4.15. The van der Waals surface area contributed by atoms with Gasteiger partial charge in [-0.3, -0.25) is 10.2 Å². The van der Waals surface area contributed by atoms with Gasteiger partial charge in [0.15, 0.2) is 5.84 Å². The number of nitrogens with zero attached hydrogens (tertiary/aromatic N) is 4. The van der Waals surface area contributed by atoms with E-state index in [4.69, 9.17) is 10.1 Å². The van der Waals surface area contributed by atoms with Crippen molar-refractivity contribution in [2.45, 2.75) is 13.8 Å². The minimum absolute atomic E-state index is 0.0109. The number of aliphatic imine (C=N–C) groups is 1. The number of fused-ring (bicyclic) bond motifs is 1. The maximum absolute atomic E-state index is 12.8. The molecule has 3 aromatic rings. The normalized spacial score (nSPS) is 16.7. The highest BCUT2D eigenvalue weighted by Crippen LogP contribution is 2.30. The van der Waals surface area contributed by atoms with Gasteiger partial charge in [-0.05, 0) is 67.6 Å². The van der Waals surface area contributed by atoms with E-state index in [1.807, 2.05) is 80.6 Å². The van der Waals surface area contributed by atoms with Crippen LogP contribution in [0.1, 0.15) is 17.0 Å². The number of carbonyl (C=O) groups excluding carboxylic acids is 1. The predicted molar refractivity (Wildman–Crippen MR) is 132 cm³/mol. The van der Waals surface area contributed by atoms with Crippen molar-refractivity contribution >= 4 is 39.8 Å². The molecule has 2 aliphatic rings. The van der Waals surface area contributed by atoms with Gasteiger partial charge < -0.3 is 9.30 Å². The van der Waals surface area contributed by atoms with Crippen molar-refractivity contribution in [3.63, 3.8) is 0 Å². The van der Waals surface area contributed by atoms with Gasteiger partial charge in [-0.2, -0.15) is 15.1 Å². The topological polar surface area (TPSA) is 83.0 Å². The Bertz CT molecular complexity index is 1340. The second-order valence-corrected chi connectivity index (χ2v) is 8.65. The van der Waals surface area contributed by atoms with Gasteiger partial charge in [-0.15, -0.1) is 0 Å². The molecule has 0 fully saturated rings. The first-order valence-electron chi connectivity index (χ1n) is 10.4. The summed E-state index contributed by atoms with van der Waals surface area (Å²) in [5, 5.41) is 15.5. The Labute approximate surface area is 195 Å². The molecule has 7 nitrogen and oxygen atoms in total. The second kappa shape index (κ2) is 8.55. The summed E-state index contributed by atoms with van der Waals surface area (Å²) in [6, 6.07) is 21.5. The number of aromatic nitrogens is 1. The summed E-state index contributed by atoms with van der Waals surface area (Å²) >= 11 is 1.24. The largest absolute Gasteiger partial charge is 0.487 e. The smallest absolute Gasteiger partial charge is 0.283 e. The summed E-state index contributed by atoms with van der Waals surface area (Å²) in [5.74, 6) is 0.300. The average Bonchev–Trinajstić information content (AvgIpc) is 3.36. The number of nitrogens with one attached hydrogen (secondary N) is 1. The maximum atomic E-state index is 12.8. The third-order valence-corrected chi connectivity index (χ3v) is 6.27. The van der Waals surface area contributed by atoms with Crippen molar-refractivity contribution in [1.29, 1.82) is 5.41 Å². The monoisotopic (exact) mass is 455 g/mol. The first-order valence-corrected chi connectivity index (χ1v) is 11.2. The number of benzene rings is 2. The number of aryl methyl sites for hydroxylation is 1. The highest BCUT2D eigenvalue weighted by molar-refractivity contribution is 8.27. The van der Waals surface area contributed by atoms with E-state index in [9.17, 15) is 4.79 Å². The zero-order valence-electron chi connectivity index (χ0n) is 18.1. The van der Waals surface area contributed by atoms with Crippen LogP contribution in [0.4, 0.5) is 0 Å². The van der Waals surface area contributed by atoms with Crippen LogP contribution < -0.4 is 4.74 Å². The van der Waals surface area contributed by atoms with E-state index in [2.05, 4.69) is 14.7 Å². The molecule has 5 rings (SSSR count). The van der Waals surface area contributed by atoms with Crippen LogP contribution in [-0.2, 0) is 4.79 Å². The summed E-state index contributed by atoms with van der Waals surface area (Å²) in [6.45, 7) is 4.26. The Morgan fingerprint density at radius 1 is 1.06 bits per heavy atom. The van der Waals surface area contributed by atoms with Crippen LogP contribution >= 0.6 is 11.8 Å². The van der Waals surface area contributed by atoms with Gasteiger partial charge in [-0.25, -0.2) is 0 Å². The van der Waals surface area contributed by atoms with Gasteiger partial charge >= 0.3 is 0 Å². The fourth-order valence-corrected chi connectivity index (χ4v) is 4.61. The molecule has 2 aliphatic heterocycles. The molecule has 3 heterocycles. The molecule has 0 atom stereocenters. The van der Waals surface area contributed by atoms with Crippen LogP contribution in [-0.4, -0.2) is 38.1 Å². The number of amidine groups is 2. The van der Waals surface area contributed by atoms with Crippen LogP contribution in [0.5, 0.6) is 5.75 Å². The highest BCUT2D eigenvalue weighted by atomic mass is 32.2. The first-order chi connectivity index (χ1) is 16.0. The van der Waals surface area contributed by atoms with E-state index in [1.54, 1.807) is 6.08 Å². The van der Waals surface area contributed by atoms with Crippen LogP contribution in [0.15, 0.2) is 82.4 Å². The number of rotatable bonds is 5. The van der Waals surface area contributed by atoms with E-state index in [1.165, 1.54) is 16.8 Å². The average molecular weight is 456 g/mol. The molecule has 0 unspecified atom stereocenters. The Kier molecular flexibility index (Phi) is 5.43. The fourth-order valence-electron chi connectivity index (χ4n) is 3.82. The number of hydrogen-bond donors (Lipinski definition) is 1. The van der Waals surface area contributed by atoms with E-state index >= 15 is 0 Å². The number of para-hydroxylation sites is 2. The van der Waals surface area contributed by atoms with Crippen molar-refractivity contribution in [2.24, 2.45) is 10.1 Å². The lowest BCUT2D eigenvalue weighted by atomic mass is 10.1. The van der Waals surface area contributed by atoms with Crippen molar-refractivity contribution in [2.75, 3.05) is 6.61 Å². The number of hydrogen-bond acceptors (Lipinski definition) is 5. The summed E-state index contributed by atoms with van der Waals surface area (Å²) < 4.78 is 7.87. The molecule has 2 aromatic carbocycles. The summed E-state index contributed by atoms with van der Waals surface area (Å²) in [7, 11) is 0. The Hall–Kier alpha value is -3.91. The van der Waals surface area contributed by atoms with Gasteiger partial charge in [-0.1, -0.05) is 36.4 Å². The molecular formula is C25H21N5O2S. The van der Waals surface area contributed by atoms with E-state index < -0.39 is 5.91 Å². The zero-order valence-corrected chi connectivity index (χ0v) is 19.0. The molecule has 1 aromatic heterocycles. The van der Waals surface area contributed by atoms with Crippen molar-refractivity contribution in [3.05, 3.63) is 89.3 Å². The minimum Gasteiger partial charge on any atom is -0.487 e. The van der Waals surface area contributed by atoms with Gasteiger partial charge in [0, 0.05) is 17.1 Å². The first kappa shape index (κ1) is 21.0. The maximum Gasteiger partial charge on any atom is 0.283 e. The summed E-state index contributed by atoms with van der Waals surface area (Å²) in [6.07, 6.45) is 1.73. The van der Waals surface area contributed by atoms with Crippen molar-refractivity contribution in [1.82, 2.24) is 9.58 Å². The van der Waals surface area contributed by atoms with Crippen molar-refractivity contribution < 1.29 is 9.53 Å². The van der Waals surface area contributed by atoms with Gasteiger partial charge in [0.1, 0.15) is 17.4 Å². The number of carbonyl (C=O) groups is 1. The third-order valence-electron chi connectivity index (χ3n) is 5.39. The van der Waals surface area contributed by atoms with Gasteiger partial charge in [0.25, 0.3) is 5.91 Å². The lowest BCUT2D eigenvalue weighted by Gasteiger charge is -2.20. The van der Waals surface area contributed by atoms with E-state index in [0.717, 1.165) is 28.4 Å². The molecular weight excluding hydrogens is 434 g/mol. The Morgan fingerprint density at radius 2 is 1.76 bits per heavy atom. The van der Waals surface area contributed by atoms with E-state index in [-0.39, 0.29) is 18.0 Å². The molecule has 1 N–H and O–H groups in total. The molecule has 0 radical (unpaired) electrons. The highest BCUT2D eigenvalue weighted by Gasteiger charge is 2.36. The molecule has 0 aliphatic carbocycles. The SMILES string of the molecule is Cc1cc(C=C2C(=N)N3N=C(COc4ccccc4)SC3=NC2=O)c(C)n1-c1ccccc1. The molecule has 0 bridgehead atoms. The number of amides is 1. The number of hydrazone groups is 1. The third kappa shape index (κ3) is 4.01. The second-order valence-electron chi connectivity index (χ2n) is 7.61. The quantitative estimate of drug-likeness (QED) is 0.561. The molecule has 33 heavy (non-hydrogen) atoms. The fraction of sp³-hybridized carbons (Fsp3) is 0.120. The van der Waals surface area contributed by atoms with Crippen LogP contribution in [0.2, 0.25) is 0 Å². The molecule has 1 amide bonds. The minimum atomic E-state index is -0.441. The lowest BCUT2D eigenvalue weighted by Crippen LogP contribution is -2.35. The molecule has 8 heteroatoms. The standard InChI is InChI=1S/C25H21N5O2S/c1-16-13-18(17(2)29(16)19-9-5-3-6-10-19)14-21-23(26)30-25(27-24(21)31)33-22(28-30)15-32-20-11-7-4-8-12-20/h3-14,26H,15H2,1-2H3. The van der Waals surface area contributed by atoms with Crippen molar-refractivity contribution in [3.8, 4) is 11.4 Å². The lowest BCUT2D eigenvalue weighted by molar-refractivity contribution is -0.114. The number of thioether (sulfide) groups is 1. The van der Waals surface area contributed by atoms with Crippen LogP contribution in [0.3, 0.4) is 0 Å². The molecule has 0 saturated heterocycles. The summed E-state index contributed by atoms with van der Waals surface area (Å²) in [4.78, 5) is 17.0.